The molecule has 25 heavy (non-hydrogen) atoms. The molecule has 0 spiro atoms. The van der Waals surface area contributed by atoms with Crippen LogP contribution >= 0.6 is 0 Å². The summed E-state index contributed by atoms with van der Waals surface area (Å²) in [5, 5.41) is 2.86. The maximum absolute atomic E-state index is 12.0. The van der Waals surface area contributed by atoms with E-state index >= 15 is 0 Å². The van der Waals surface area contributed by atoms with E-state index in [1.165, 1.54) is 5.56 Å². The highest BCUT2D eigenvalue weighted by molar-refractivity contribution is 5.91. The van der Waals surface area contributed by atoms with Crippen molar-refractivity contribution in [3.05, 3.63) is 70.8 Å². The van der Waals surface area contributed by atoms with Crippen LogP contribution in [0.4, 0.5) is 0 Å². The zero-order valence-electron chi connectivity index (χ0n) is 15.0. The summed E-state index contributed by atoms with van der Waals surface area (Å²) in [6.45, 7) is 5.53. The number of rotatable bonds is 7. The minimum atomic E-state index is -0.473. The topological polar surface area (TPSA) is 55.4 Å². The SMILES string of the molecule is Cc1cc(C)cc(C(=O)OCC(=O)N[C@@H](C)CCc2ccccc2)c1. The summed E-state index contributed by atoms with van der Waals surface area (Å²) >= 11 is 0. The molecule has 2 aromatic carbocycles. The number of amides is 1. The van der Waals surface area contributed by atoms with Crippen molar-refractivity contribution in [2.75, 3.05) is 6.61 Å². The zero-order chi connectivity index (χ0) is 18.2. The third-order valence-corrected chi connectivity index (χ3v) is 3.91. The normalized spacial score (nSPS) is 11.6. The maximum atomic E-state index is 12.0. The van der Waals surface area contributed by atoms with E-state index in [-0.39, 0.29) is 18.6 Å². The molecule has 0 aliphatic rings. The number of carbonyl (C=O) groups excluding carboxylic acids is 2. The van der Waals surface area contributed by atoms with Crippen LogP contribution in [0.2, 0.25) is 0 Å². The molecular weight excluding hydrogens is 314 g/mol. The van der Waals surface area contributed by atoms with E-state index in [4.69, 9.17) is 4.74 Å². The van der Waals surface area contributed by atoms with Crippen molar-refractivity contribution in [1.29, 1.82) is 0 Å². The van der Waals surface area contributed by atoms with Gasteiger partial charge in [0, 0.05) is 6.04 Å². The molecule has 0 fully saturated rings. The summed E-state index contributed by atoms with van der Waals surface area (Å²) < 4.78 is 5.11. The molecule has 0 aromatic heterocycles. The van der Waals surface area contributed by atoms with E-state index in [2.05, 4.69) is 17.4 Å². The standard InChI is InChI=1S/C21H25NO3/c1-15-11-16(2)13-19(12-15)21(24)25-14-20(23)22-17(3)9-10-18-7-5-4-6-8-18/h4-8,11-13,17H,9-10,14H2,1-3H3,(H,22,23)/t17-/m0/s1. The van der Waals surface area contributed by atoms with Gasteiger partial charge in [0.05, 0.1) is 5.56 Å². The third-order valence-electron chi connectivity index (χ3n) is 3.91. The van der Waals surface area contributed by atoms with Gasteiger partial charge in [0.25, 0.3) is 5.91 Å². The first-order valence-electron chi connectivity index (χ1n) is 8.53. The summed E-state index contributed by atoms with van der Waals surface area (Å²) in [5.74, 6) is -0.753. The average molecular weight is 339 g/mol. The molecule has 4 nitrogen and oxygen atoms in total. The lowest BCUT2D eigenvalue weighted by Gasteiger charge is -2.14. The van der Waals surface area contributed by atoms with Gasteiger partial charge in [-0.2, -0.15) is 0 Å². The lowest BCUT2D eigenvalue weighted by molar-refractivity contribution is -0.124. The van der Waals surface area contributed by atoms with Crippen molar-refractivity contribution in [1.82, 2.24) is 5.32 Å². The van der Waals surface area contributed by atoms with Crippen molar-refractivity contribution >= 4 is 11.9 Å². The molecule has 0 bridgehead atoms. The van der Waals surface area contributed by atoms with Gasteiger partial charge in [-0.1, -0.05) is 47.5 Å². The van der Waals surface area contributed by atoms with E-state index in [1.807, 2.05) is 45.0 Å². The van der Waals surface area contributed by atoms with Gasteiger partial charge in [-0.25, -0.2) is 4.79 Å². The molecule has 1 atom stereocenters. The van der Waals surface area contributed by atoms with Gasteiger partial charge in [0.15, 0.2) is 6.61 Å². The van der Waals surface area contributed by atoms with E-state index in [9.17, 15) is 9.59 Å². The number of esters is 1. The molecule has 0 saturated carbocycles. The maximum Gasteiger partial charge on any atom is 0.338 e. The van der Waals surface area contributed by atoms with E-state index in [0.29, 0.717) is 5.56 Å². The minimum Gasteiger partial charge on any atom is -0.452 e. The van der Waals surface area contributed by atoms with Crippen LogP contribution in [0.15, 0.2) is 48.5 Å². The Balaban J connectivity index is 1.75. The van der Waals surface area contributed by atoms with Gasteiger partial charge >= 0.3 is 5.97 Å². The summed E-state index contributed by atoms with van der Waals surface area (Å²) in [5.41, 5.74) is 3.70. The van der Waals surface area contributed by atoms with Gasteiger partial charge in [-0.05, 0) is 51.3 Å². The first kappa shape index (κ1) is 18.7. The van der Waals surface area contributed by atoms with E-state index in [1.54, 1.807) is 12.1 Å². The van der Waals surface area contributed by atoms with Crippen LogP contribution in [0.25, 0.3) is 0 Å². The fourth-order valence-electron chi connectivity index (χ4n) is 2.72. The Morgan fingerprint density at radius 3 is 2.32 bits per heavy atom. The fourth-order valence-corrected chi connectivity index (χ4v) is 2.72. The van der Waals surface area contributed by atoms with Gasteiger partial charge in [-0.15, -0.1) is 0 Å². The highest BCUT2D eigenvalue weighted by atomic mass is 16.5. The summed E-state index contributed by atoms with van der Waals surface area (Å²) in [7, 11) is 0. The summed E-state index contributed by atoms with van der Waals surface area (Å²) in [6, 6.07) is 15.7. The van der Waals surface area contributed by atoms with Crippen molar-refractivity contribution in [2.45, 2.75) is 39.7 Å². The molecule has 0 saturated heterocycles. The molecule has 1 N–H and O–H groups in total. The highest BCUT2D eigenvalue weighted by Crippen LogP contribution is 2.10. The molecular formula is C21H25NO3. The van der Waals surface area contributed by atoms with Crippen molar-refractivity contribution in [3.63, 3.8) is 0 Å². The Morgan fingerprint density at radius 2 is 1.68 bits per heavy atom. The molecule has 0 unspecified atom stereocenters. The van der Waals surface area contributed by atoms with Crippen molar-refractivity contribution in [3.8, 4) is 0 Å². The van der Waals surface area contributed by atoms with Crippen LogP contribution in [0.5, 0.6) is 0 Å². The molecule has 2 rings (SSSR count). The van der Waals surface area contributed by atoms with Crippen molar-refractivity contribution < 1.29 is 14.3 Å². The fraction of sp³-hybridized carbons (Fsp3) is 0.333. The Bertz CT molecular complexity index is 705. The number of nitrogens with one attached hydrogen (secondary N) is 1. The van der Waals surface area contributed by atoms with Gasteiger partial charge in [-0.3, -0.25) is 4.79 Å². The molecule has 1 amide bonds. The van der Waals surface area contributed by atoms with Crippen LogP contribution in [0, 0.1) is 13.8 Å². The molecule has 132 valence electrons. The van der Waals surface area contributed by atoms with Crippen LogP contribution in [0.3, 0.4) is 0 Å². The zero-order valence-corrected chi connectivity index (χ0v) is 15.0. The van der Waals surface area contributed by atoms with Gasteiger partial charge in [0.1, 0.15) is 0 Å². The second kappa shape index (κ2) is 9.02. The summed E-state index contributed by atoms with van der Waals surface area (Å²) in [6.07, 6.45) is 1.73. The first-order valence-corrected chi connectivity index (χ1v) is 8.53. The second-order valence-corrected chi connectivity index (χ2v) is 6.45. The van der Waals surface area contributed by atoms with E-state index in [0.717, 1.165) is 24.0 Å². The highest BCUT2D eigenvalue weighted by Gasteiger charge is 2.13. The first-order chi connectivity index (χ1) is 11.9. The molecule has 0 aliphatic heterocycles. The number of benzene rings is 2. The summed E-state index contributed by atoms with van der Waals surface area (Å²) in [4.78, 5) is 24.0. The lowest BCUT2D eigenvalue weighted by atomic mass is 10.1. The Morgan fingerprint density at radius 1 is 1.04 bits per heavy atom. The number of aryl methyl sites for hydroxylation is 3. The number of carbonyl (C=O) groups is 2. The lowest BCUT2D eigenvalue weighted by Crippen LogP contribution is -2.36. The minimum absolute atomic E-state index is 0.0209. The number of hydrogen-bond acceptors (Lipinski definition) is 3. The average Bonchev–Trinajstić information content (AvgIpc) is 2.58. The number of ether oxygens (including phenoxy) is 1. The predicted molar refractivity (Wildman–Crippen MR) is 98.6 cm³/mol. The van der Waals surface area contributed by atoms with Crippen LogP contribution in [0.1, 0.15) is 40.4 Å². The predicted octanol–water partition coefficient (Wildman–Crippen LogP) is 3.60. The van der Waals surface area contributed by atoms with Crippen LogP contribution in [-0.4, -0.2) is 24.5 Å². The smallest absolute Gasteiger partial charge is 0.338 e. The van der Waals surface area contributed by atoms with Crippen LogP contribution < -0.4 is 5.32 Å². The Labute approximate surface area is 149 Å². The largest absolute Gasteiger partial charge is 0.452 e. The Kier molecular flexibility index (Phi) is 6.75. The molecule has 0 radical (unpaired) electrons. The van der Waals surface area contributed by atoms with Crippen LogP contribution in [-0.2, 0) is 16.0 Å². The Hall–Kier alpha value is -2.62. The molecule has 2 aromatic rings. The van der Waals surface area contributed by atoms with Gasteiger partial charge < -0.3 is 10.1 Å². The van der Waals surface area contributed by atoms with Gasteiger partial charge in [0.2, 0.25) is 0 Å². The molecule has 0 heterocycles. The van der Waals surface area contributed by atoms with E-state index < -0.39 is 5.97 Å². The van der Waals surface area contributed by atoms with Crippen molar-refractivity contribution in [2.24, 2.45) is 0 Å². The third kappa shape index (κ3) is 6.42. The number of hydrogen-bond donors (Lipinski definition) is 1. The molecule has 4 heteroatoms. The monoisotopic (exact) mass is 339 g/mol. The molecule has 0 aliphatic carbocycles. The second-order valence-electron chi connectivity index (χ2n) is 6.45. The quantitative estimate of drug-likeness (QED) is 0.784.